The van der Waals surface area contributed by atoms with Crippen molar-refractivity contribution in [2.45, 2.75) is 37.3 Å². The fourth-order valence-corrected chi connectivity index (χ4v) is 2.65. The highest BCUT2D eigenvalue weighted by atomic mass is 79.9. The van der Waals surface area contributed by atoms with Gasteiger partial charge in [-0.3, -0.25) is 0 Å². The smallest absolute Gasteiger partial charge is 0.0972 e. The number of aliphatic hydroxyl groups is 2. The molecular formula is C14H20BrNO2. The summed E-state index contributed by atoms with van der Waals surface area (Å²) >= 11 is 3.49. The molecule has 1 unspecified atom stereocenters. The molecule has 1 aromatic carbocycles. The average molecular weight is 314 g/mol. The summed E-state index contributed by atoms with van der Waals surface area (Å²) in [7, 11) is 0. The van der Waals surface area contributed by atoms with Gasteiger partial charge in [-0.05, 0) is 43.4 Å². The molecule has 0 bridgehead atoms. The van der Waals surface area contributed by atoms with E-state index in [1.165, 1.54) is 5.56 Å². The van der Waals surface area contributed by atoms with Crippen molar-refractivity contribution in [3.05, 3.63) is 34.3 Å². The Bertz CT molecular complexity index is 403. The Morgan fingerprint density at radius 3 is 2.78 bits per heavy atom. The molecule has 1 saturated carbocycles. The second kappa shape index (κ2) is 5.70. The topological polar surface area (TPSA) is 52.5 Å². The lowest BCUT2D eigenvalue weighted by Gasteiger charge is -2.38. The molecule has 1 aliphatic rings. The van der Waals surface area contributed by atoms with Gasteiger partial charge in [-0.25, -0.2) is 0 Å². The van der Waals surface area contributed by atoms with Crippen LogP contribution >= 0.6 is 15.9 Å². The third-order valence-electron chi connectivity index (χ3n) is 3.57. The van der Waals surface area contributed by atoms with Crippen LogP contribution < -0.4 is 5.32 Å². The lowest BCUT2D eigenvalue weighted by atomic mass is 9.76. The first kappa shape index (κ1) is 14.0. The molecule has 1 aromatic rings. The van der Waals surface area contributed by atoms with Crippen LogP contribution in [0, 0.1) is 0 Å². The van der Waals surface area contributed by atoms with Crippen LogP contribution in [0.5, 0.6) is 0 Å². The van der Waals surface area contributed by atoms with E-state index in [0.717, 1.165) is 17.3 Å². The minimum absolute atomic E-state index is 0.207. The van der Waals surface area contributed by atoms with Crippen molar-refractivity contribution in [3.8, 4) is 0 Å². The Kier molecular flexibility index (Phi) is 4.43. The molecule has 18 heavy (non-hydrogen) atoms. The fraction of sp³-hybridized carbons (Fsp3) is 0.571. The Balaban J connectivity index is 1.77. The van der Waals surface area contributed by atoms with E-state index in [0.29, 0.717) is 18.5 Å². The number of hydrogen-bond donors (Lipinski definition) is 3. The average Bonchev–Trinajstić information content (AvgIpc) is 2.27. The standard InChI is InChI=1S/C14H20BrNO2/c1-14(18,9-17)8-16-13-6-11(7-13)10-3-2-4-12(15)5-10/h2-5,11,13,16-18H,6-9H2,1H3. The summed E-state index contributed by atoms with van der Waals surface area (Å²) in [5.41, 5.74) is 0.359. The van der Waals surface area contributed by atoms with Gasteiger partial charge in [-0.1, -0.05) is 28.1 Å². The SMILES string of the molecule is CC(O)(CO)CNC1CC(c2cccc(Br)c2)C1. The Labute approximate surface area is 116 Å². The van der Waals surface area contributed by atoms with E-state index in [1.807, 2.05) is 6.07 Å². The number of halogens is 1. The molecule has 3 N–H and O–H groups in total. The van der Waals surface area contributed by atoms with Gasteiger partial charge in [0.05, 0.1) is 12.2 Å². The Hall–Kier alpha value is -0.420. The summed E-state index contributed by atoms with van der Waals surface area (Å²) in [4.78, 5) is 0. The lowest BCUT2D eigenvalue weighted by Crippen LogP contribution is -2.48. The molecule has 4 heteroatoms. The van der Waals surface area contributed by atoms with Gasteiger partial charge < -0.3 is 15.5 Å². The summed E-state index contributed by atoms with van der Waals surface area (Å²) in [6.07, 6.45) is 2.19. The Morgan fingerprint density at radius 2 is 2.17 bits per heavy atom. The highest BCUT2D eigenvalue weighted by molar-refractivity contribution is 9.10. The van der Waals surface area contributed by atoms with Crippen LogP contribution in [0.1, 0.15) is 31.2 Å². The minimum Gasteiger partial charge on any atom is -0.393 e. The van der Waals surface area contributed by atoms with Crippen LogP contribution in [-0.4, -0.2) is 35.0 Å². The maximum Gasteiger partial charge on any atom is 0.0972 e. The second-order valence-electron chi connectivity index (χ2n) is 5.46. The van der Waals surface area contributed by atoms with Gasteiger partial charge >= 0.3 is 0 Å². The van der Waals surface area contributed by atoms with E-state index < -0.39 is 5.60 Å². The van der Waals surface area contributed by atoms with Crippen LogP contribution in [0.4, 0.5) is 0 Å². The van der Waals surface area contributed by atoms with Gasteiger partial charge in [0, 0.05) is 17.1 Å². The highest BCUT2D eigenvalue weighted by Gasteiger charge is 2.31. The summed E-state index contributed by atoms with van der Waals surface area (Å²) in [5, 5.41) is 22.0. The van der Waals surface area contributed by atoms with Crippen molar-refractivity contribution < 1.29 is 10.2 Å². The van der Waals surface area contributed by atoms with Gasteiger partial charge in [-0.15, -0.1) is 0 Å². The maximum atomic E-state index is 9.69. The molecular weight excluding hydrogens is 294 g/mol. The molecule has 0 amide bonds. The number of rotatable bonds is 5. The second-order valence-corrected chi connectivity index (χ2v) is 6.37. The molecule has 0 saturated heterocycles. The zero-order valence-electron chi connectivity index (χ0n) is 10.6. The monoisotopic (exact) mass is 313 g/mol. The maximum absolute atomic E-state index is 9.69. The van der Waals surface area contributed by atoms with E-state index >= 15 is 0 Å². The number of hydrogen-bond acceptors (Lipinski definition) is 3. The van der Waals surface area contributed by atoms with Gasteiger partial charge in [0.15, 0.2) is 0 Å². The zero-order chi connectivity index (χ0) is 13.2. The van der Waals surface area contributed by atoms with Crippen LogP contribution in [-0.2, 0) is 0 Å². The predicted octanol–water partition coefficient (Wildman–Crippen LogP) is 2.03. The lowest BCUT2D eigenvalue weighted by molar-refractivity contribution is -0.00185. The molecule has 3 nitrogen and oxygen atoms in total. The first-order valence-electron chi connectivity index (χ1n) is 6.32. The van der Waals surface area contributed by atoms with Crippen molar-refractivity contribution in [3.63, 3.8) is 0 Å². The van der Waals surface area contributed by atoms with E-state index in [9.17, 15) is 5.11 Å². The summed E-state index contributed by atoms with van der Waals surface area (Å²) in [6.45, 7) is 1.88. The van der Waals surface area contributed by atoms with E-state index in [2.05, 4.69) is 39.4 Å². The fourth-order valence-electron chi connectivity index (χ4n) is 2.24. The molecule has 0 heterocycles. The zero-order valence-corrected chi connectivity index (χ0v) is 12.2. The van der Waals surface area contributed by atoms with E-state index in [4.69, 9.17) is 5.11 Å². The molecule has 1 fully saturated rings. The summed E-state index contributed by atoms with van der Waals surface area (Å²) in [5.74, 6) is 0.610. The molecule has 0 aromatic heterocycles. The van der Waals surface area contributed by atoms with Crippen molar-refractivity contribution in [2.24, 2.45) is 0 Å². The van der Waals surface area contributed by atoms with Crippen LogP contribution in [0.3, 0.4) is 0 Å². The summed E-state index contributed by atoms with van der Waals surface area (Å²) < 4.78 is 1.12. The molecule has 2 rings (SSSR count). The first-order valence-corrected chi connectivity index (χ1v) is 7.11. The number of nitrogens with one attached hydrogen (secondary N) is 1. The van der Waals surface area contributed by atoms with Gasteiger partial charge in [0.25, 0.3) is 0 Å². The van der Waals surface area contributed by atoms with Crippen molar-refractivity contribution in [2.75, 3.05) is 13.2 Å². The quantitative estimate of drug-likeness (QED) is 0.779. The van der Waals surface area contributed by atoms with Crippen molar-refractivity contribution in [1.82, 2.24) is 5.32 Å². The largest absolute Gasteiger partial charge is 0.393 e. The molecule has 1 aliphatic carbocycles. The molecule has 0 spiro atoms. The Morgan fingerprint density at radius 1 is 1.44 bits per heavy atom. The molecule has 100 valence electrons. The summed E-state index contributed by atoms with van der Waals surface area (Å²) in [6, 6.07) is 8.89. The van der Waals surface area contributed by atoms with E-state index in [1.54, 1.807) is 6.92 Å². The normalized spacial score (nSPS) is 26.4. The number of aliphatic hydroxyl groups excluding tert-OH is 1. The van der Waals surface area contributed by atoms with Gasteiger partial charge in [0.2, 0.25) is 0 Å². The van der Waals surface area contributed by atoms with Crippen LogP contribution in [0.2, 0.25) is 0 Å². The molecule has 0 radical (unpaired) electrons. The van der Waals surface area contributed by atoms with Gasteiger partial charge in [0.1, 0.15) is 0 Å². The predicted molar refractivity (Wildman–Crippen MR) is 75.6 cm³/mol. The van der Waals surface area contributed by atoms with Gasteiger partial charge in [-0.2, -0.15) is 0 Å². The minimum atomic E-state index is -1.01. The van der Waals surface area contributed by atoms with Crippen LogP contribution in [0.25, 0.3) is 0 Å². The highest BCUT2D eigenvalue weighted by Crippen LogP contribution is 2.37. The van der Waals surface area contributed by atoms with Crippen molar-refractivity contribution >= 4 is 15.9 Å². The van der Waals surface area contributed by atoms with E-state index in [-0.39, 0.29) is 6.61 Å². The number of benzene rings is 1. The first-order chi connectivity index (χ1) is 8.50. The van der Waals surface area contributed by atoms with Crippen molar-refractivity contribution in [1.29, 1.82) is 0 Å². The third-order valence-corrected chi connectivity index (χ3v) is 4.06. The molecule has 1 atom stereocenters. The third kappa shape index (κ3) is 3.54. The molecule has 0 aliphatic heterocycles. The van der Waals surface area contributed by atoms with Crippen LogP contribution in [0.15, 0.2) is 28.7 Å².